The van der Waals surface area contributed by atoms with Gasteiger partial charge in [-0.25, -0.2) is 13.2 Å². The van der Waals surface area contributed by atoms with Crippen molar-refractivity contribution in [2.75, 3.05) is 46.5 Å². The molecule has 2 amide bonds. The number of hydrogen-bond donors (Lipinski definition) is 0. The Morgan fingerprint density at radius 1 is 0.967 bits per heavy atom. The summed E-state index contributed by atoms with van der Waals surface area (Å²) in [5.41, 5.74) is 0.758. The maximum Gasteiger partial charge on any atom is 0.321 e. The number of morpholine rings is 1. The molecule has 2 aromatic carbocycles. The van der Waals surface area contributed by atoms with Gasteiger partial charge in [0.15, 0.2) is 0 Å². The predicted octanol–water partition coefficient (Wildman–Crippen LogP) is 2.15. The Kier molecular flexibility index (Phi) is 5.94. The maximum absolute atomic E-state index is 13.5. The summed E-state index contributed by atoms with van der Waals surface area (Å²) in [6.07, 6.45) is -0.700. The van der Waals surface area contributed by atoms with Crippen molar-refractivity contribution in [2.45, 2.75) is 11.1 Å². The fourth-order valence-corrected chi connectivity index (χ4v) is 5.42. The van der Waals surface area contributed by atoms with Crippen LogP contribution in [-0.4, -0.2) is 75.1 Å². The Bertz CT molecular complexity index is 975. The summed E-state index contributed by atoms with van der Waals surface area (Å²) >= 11 is 0. The first kappa shape index (κ1) is 20.6. The standard InChI is InChI=1S/C21H25N3O5S/c1-28-18-7-9-19(10-8-18)30(26,27)24-12-11-23(20(24)17-5-3-2-4-6-17)21(25)22-13-15-29-16-14-22/h2-10,20H,11-16H2,1H3/t20-/m1/s1. The fourth-order valence-electron chi connectivity index (χ4n) is 3.85. The molecule has 1 atom stereocenters. The summed E-state index contributed by atoms with van der Waals surface area (Å²) in [6.45, 7) is 2.53. The van der Waals surface area contributed by atoms with Gasteiger partial charge in [0.25, 0.3) is 0 Å². The Morgan fingerprint density at radius 2 is 1.63 bits per heavy atom. The summed E-state index contributed by atoms with van der Waals surface area (Å²) in [7, 11) is -2.29. The molecule has 2 saturated heterocycles. The first-order valence-corrected chi connectivity index (χ1v) is 11.3. The van der Waals surface area contributed by atoms with Crippen LogP contribution in [0.3, 0.4) is 0 Å². The van der Waals surface area contributed by atoms with Gasteiger partial charge < -0.3 is 19.3 Å². The van der Waals surface area contributed by atoms with Crippen LogP contribution >= 0.6 is 0 Å². The topological polar surface area (TPSA) is 79.4 Å². The van der Waals surface area contributed by atoms with Gasteiger partial charge in [-0.3, -0.25) is 0 Å². The number of ether oxygens (including phenoxy) is 2. The van der Waals surface area contributed by atoms with Crippen LogP contribution in [0.25, 0.3) is 0 Å². The third kappa shape index (κ3) is 3.88. The van der Waals surface area contributed by atoms with E-state index < -0.39 is 16.2 Å². The van der Waals surface area contributed by atoms with Gasteiger partial charge in [-0.1, -0.05) is 30.3 Å². The highest BCUT2D eigenvalue weighted by Crippen LogP contribution is 2.36. The maximum atomic E-state index is 13.5. The smallest absolute Gasteiger partial charge is 0.321 e. The third-order valence-electron chi connectivity index (χ3n) is 5.42. The molecule has 0 radical (unpaired) electrons. The van der Waals surface area contributed by atoms with E-state index in [9.17, 15) is 13.2 Å². The molecule has 9 heteroatoms. The normalized spacial score (nSPS) is 20.4. The van der Waals surface area contributed by atoms with Crippen LogP contribution in [0.4, 0.5) is 4.79 Å². The molecule has 0 N–H and O–H groups in total. The Balaban J connectivity index is 1.68. The number of amides is 2. The number of rotatable bonds is 4. The van der Waals surface area contributed by atoms with E-state index in [1.165, 1.54) is 23.5 Å². The highest BCUT2D eigenvalue weighted by Gasteiger charge is 2.44. The van der Waals surface area contributed by atoms with Gasteiger partial charge in [0.05, 0.1) is 25.2 Å². The van der Waals surface area contributed by atoms with Crippen molar-refractivity contribution in [3.63, 3.8) is 0 Å². The van der Waals surface area contributed by atoms with E-state index in [0.717, 1.165) is 5.56 Å². The molecule has 0 aliphatic carbocycles. The van der Waals surface area contributed by atoms with Crippen molar-refractivity contribution >= 4 is 16.1 Å². The minimum absolute atomic E-state index is 0.167. The van der Waals surface area contributed by atoms with E-state index >= 15 is 0 Å². The number of carbonyl (C=O) groups is 1. The van der Waals surface area contributed by atoms with Gasteiger partial charge in [0.2, 0.25) is 10.0 Å². The van der Waals surface area contributed by atoms with Gasteiger partial charge in [0.1, 0.15) is 11.9 Å². The number of benzene rings is 2. The van der Waals surface area contributed by atoms with Crippen LogP contribution in [0.2, 0.25) is 0 Å². The molecule has 0 saturated carbocycles. The number of carbonyl (C=O) groups excluding carboxylic acids is 1. The van der Waals surface area contributed by atoms with Crippen molar-refractivity contribution in [1.82, 2.24) is 14.1 Å². The summed E-state index contributed by atoms with van der Waals surface area (Å²) in [6, 6.07) is 15.4. The third-order valence-corrected chi connectivity index (χ3v) is 7.29. The second-order valence-corrected chi connectivity index (χ2v) is 9.04. The molecule has 0 bridgehead atoms. The van der Waals surface area contributed by atoms with Gasteiger partial charge in [-0.05, 0) is 29.8 Å². The first-order valence-electron chi connectivity index (χ1n) is 9.86. The monoisotopic (exact) mass is 431 g/mol. The van der Waals surface area contributed by atoms with Crippen molar-refractivity contribution in [3.8, 4) is 5.75 Å². The lowest BCUT2D eigenvalue weighted by molar-refractivity contribution is 0.0400. The SMILES string of the molecule is COc1ccc(S(=O)(=O)N2CCN(C(=O)N3CCOCC3)[C@H]2c2ccccc2)cc1. The van der Waals surface area contributed by atoms with Gasteiger partial charge >= 0.3 is 6.03 Å². The molecular weight excluding hydrogens is 406 g/mol. The molecule has 160 valence electrons. The zero-order valence-corrected chi connectivity index (χ0v) is 17.6. The molecule has 30 heavy (non-hydrogen) atoms. The number of hydrogen-bond acceptors (Lipinski definition) is 5. The summed E-state index contributed by atoms with van der Waals surface area (Å²) < 4.78 is 38.8. The van der Waals surface area contributed by atoms with Crippen molar-refractivity contribution in [3.05, 3.63) is 60.2 Å². The quantitative estimate of drug-likeness (QED) is 0.741. The lowest BCUT2D eigenvalue weighted by Crippen LogP contribution is -2.49. The van der Waals surface area contributed by atoms with Gasteiger partial charge in [-0.2, -0.15) is 4.31 Å². The molecular formula is C21H25N3O5S. The highest BCUT2D eigenvalue weighted by atomic mass is 32.2. The lowest BCUT2D eigenvalue weighted by atomic mass is 10.1. The first-order chi connectivity index (χ1) is 14.5. The van der Waals surface area contributed by atoms with Gasteiger partial charge in [0, 0.05) is 26.2 Å². The molecule has 2 fully saturated rings. The van der Waals surface area contributed by atoms with E-state index in [1.807, 2.05) is 30.3 Å². The molecule has 0 unspecified atom stereocenters. The van der Waals surface area contributed by atoms with Crippen molar-refractivity contribution < 1.29 is 22.7 Å². The average Bonchev–Trinajstić information content (AvgIpc) is 3.26. The summed E-state index contributed by atoms with van der Waals surface area (Å²) in [5.74, 6) is 0.583. The van der Waals surface area contributed by atoms with Crippen LogP contribution in [0, 0.1) is 0 Å². The van der Waals surface area contributed by atoms with Crippen molar-refractivity contribution in [2.24, 2.45) is 0 Å². The van der Waals surface area contributed by atoms with E-state index in [-0.39, 0.29) is 17.5 Å². The second-order valence-electron chi connectivity index (χ2n) is 7.15. The summed E-state index contributed by atoms with van der Waals surface area (Å²) in [4.78, 5) is 16.8. The molecule has 4 rings (SSSR count). The Morgan fingerprint density at radius 3 is 2.27 bits per heavy atom. The molecule has 0 aromatic heterocycles. The van der Waals surface area contributed by atoms with Crippen LogP contribution in [0.15, 0.2) is 59.5 Å². The lowest BCUT2D eigenvalue weighted by Gasteiger charge is -2.35. The van der Waals surface area contributed by atoms with Crippen molar-refractivity contribution in [1.29, 1.82) is 0 Å². The molecule has 0 spiro atoms. The van der Waals surface area contributed by atoms with E-state index in [1.54, 1.807) is 21.9 Å². The molecule has 8 nitrogen and oxygen atoms in total. The van der Waals surface area contributed by atoms with Gasteiger partial charge in [-0.15, -0.1) is 0 Å². The summed E-state index contributed by atoms with van der Waals surface area (Å²) in [5, 5.41) is 0. The Labute approximate surface area is 176 Å². The highest BCUT2D eigenvalue weighted by molar-refractivity contribution is 7.89. The largest absolute Gasteiger partial charge is 0.497 e. The molecule has 2 aliphatic rings. The number of urea groups is 1. The minimum atomic E-state index is -3.82. The van der Waals surface area contributed by atoms with Crippen LogP contribution in [0.5, 0.6) is 5.75 Å². The average molecular weight is 432 g/mol. The number of methoxy groups -OCH3 is 1. The van der Waals surface area contributed by atoms with Crippen LogP contribution in [0.1, 0.15) is 11.7 Å². The van der Waals surface area contributed by atoms with E-state index in [4.69, 9.17) is 9.47 Å². The molecule has 2 aromatic rings. The van der Waals surface area contributed by atoms with E-state index in [2.05, 4.69) is 0 Å². The zero-order valence-electron chi connectivity index (χ0n) is 16.8. The van der Waals surface area contributed by atoms with E-state index in [0.29, 0.717) is 38.6 Å². The second kappa shape index (κ2) is 8.63. The fraction of sp³-hybridized carbons (Fsp3) is 0.381. The minimum Gasteiger partial charge on any atom is -0.497 e. The van der Waals surface area contributed by atoms with Crippen LogP contribution < -0.4 is 4.74 Å². The molecule has 2 heterocycles. The van der Waals surface area contributed by atoms with Crippen LogP contribution in [-0.2, 0) is 14.8 Å². The predicted molar refractivity (Wildman–Crippen MR) is 111 cm³/mol. The number of nitrogens with zero attached hydrogens (tertiary/aromatic N) is 3. The number of sulfonamides is 1. The Hall–Kier alpha value is -2.62. The zero-order chi connectivity index (χ0) is 21.1. The molecule has 2 aliphatic heterocycles.